The molecule has 0 amide bonds. The van der Waals surface area contributed by atoms with Crippen molar-refractivity contribution in [2.75, 3.05) is 17.7 Å². The van der Waals surface area contributed by atoms with E-state index in [4.69, 9.17) is 0 Å². The Morgan fingerprint density at radius 2 is 1.81 bits per heavy atom. The Kier molecular flexibility index (Phi) is 5.02. The number of hydrogen-bond donors (Lipinski definition) is 2. The Bertz CT molecular complexity index is 950. The van der Waals surface area contributed by atoms with Crippen molar-refractivity contribution < 1.29 is 18.3 Å². The minimum absolute atomic E-state index is 0.199. The second-order valence-corrected chi connectivity index (χ2v) is 5.22. The average Bonchev–Trinajstić information content (AvgIpc) is 2.64. The van der Waals surface area contributed by atoms with Crippen LogP contribution in [0, 0.1) is 11.6 Å². The predicted molar refractivity (Wildman–Crippen MR) is 92.7 cm³/mol. The van der Waals surface area contributed by atoms with Gasteiger partial charge in [0.25, 0.3) is 0 Å². The van der Waals surface area contributed by atoms with Gasteiger partial charge in [0.2, 0.25) is 5.95 Å². The molecule has 0 aliphatic rings. The van der Waals surface area contributed by atoms with Crippen LogP contribution in [0.5, 0.6) is 0 Å². The maximum atomic E-state index is 13.3. The summed E-state index contributed by atoms with van der Waals surface area (Å²) >= 11 is 0. The minimum Gasteiger partial charge on any atom is -0.465 e. The topological polar surface area (TPSA) is 76.1 Å². The molecule has 0 fully saturated rings. The van der Waals surface area contributed by atoms with E-state index in [0.29, 0.717) is 22.8 Å². The predicted octanol–water partition coefficient (Wildman–Crippen LogP) is 4.03. The molecule has 26 heavy (non-hydrogen) atoms. The summed E-state index contributed by atoms with van der Waals surface area (Å²) in [7, 11) is 1.31. The van der Waals surface area contributed by atoms with Crippen molar-refractivity contribution in [2.24, 2.45) is 0 Å². The minimum atomic E-state index is -0.969. The number of ether oxygens (including phenoxy) is 1. The molecule has 2 aromatic carbocycles. The van der Waals surface area contributed by atoms with E-state index < -0.39 is 17.6 Å². The maximum Gasteiger partial charge on any atom is 0.337 e. The van der Waals surface area contributed by atoms with Crippen molar-refractivity contribution in [3.63, 3.8) is 0 Å². The number of carbonyl (C=O) groups excluding carboxylic acids is 1. The number of hydrogen-bond acceptors (Lipinski definition) is 6. The highest BCUT2D eigenvalue weighted by Crippen LogP contribution is 2.20. The van der Waals surface area contributed by atoms with Gasteiger partial charge in [-0.25, -0.2) is 18.6 Å². The van der Waals surface area contributed by atoms with Crippen LogP contribution in [0.3, 0.4) is 0 Å². The summed E-state index contributed by atoms with van der Waals surface area (Å²) in [6.07, 6.45) is 1.50. The third kappa shape index (κ3) is 4.10. The number of carbonyl (C=O) groups is 1. The molecule has 3 aromatic rings. The Labute approximate surface area is 147 Å². The van der Waals surface area contributed by atoms with Gasteiger partial charge in [0.15, 0.2) is 11.6 Å². The van der Waals surface area contributed by atoms with Crippen LogP contribution < -0.4 is 10.6 Å². The highest BCUT2D eigenvalue weighted by atomic mass is 19.2. The molecule has 1 heterocycles. The van der Waals surface area contributed by atoms with E-state index in [1.165, 1.54) is 19.4 Å². The SMILES string of the molecule is COC(=O)c1cccc(Nc2ccnc(Nc3ccc(F)c(F)c3)n2)c1. The van der Waals surface area contributed by atoms with Crippen LogP contribution >= 0.6 is 0 Å². The lowest BCUT2D eigenvalue weighted by atomic mass is 10.2. The number of aromatic nitrogens is 2. The van der Waals surface area contributed by atoms with Crippen molar-refractivity contribution in [3.05, 3.63) is 71.9 Å². The van der Waals surface area contributed by atoms with Crippen molar-refractivity contribution in [1.29, 1.82) is 0 Å². The molecule has 0 aliphatic heterocycles. The lowest BCUT2D eigenvalue weighted by Gasteiger charge is -2.09. The molecule has 2 N–H and O–H groups in total. The molecule has 0 saturated carbocycles. The second-order valence-electron chi connectivity index (χ2n) is 5.22. The fourth-order valence-electron chi connectivity index (χ4n) is 2.18. The van der Waals surface area contributed by atoms with Crippen molar-refractivity contribution in [1.82, 2.24) is 9.97 Å². The fourth-order valence-corrected chi connectivity index (χ4v) is 2.18. The van der Waals surface area contributed by atoms with Gasteiger partial charge < -0.3 is 15.4 Å². The fraction of sp³-hybridized carbons (Fsp3) is 0.0556. The highest BCUT2D eigenvalue weighted by Gasteiger charge is 2.07. The van der Waals surface area contributed by atoms with E-state index in [0.717, 1.165) is 12.1 Å². The normalized spacial score (nSPS) is 10.3. The largest absolute Gasteiger partial charge is 0.465 e. The van der Waals surface area contributed by atoms with Gasteiger partial charge in [-0.2, -0.15) is 4.98 Å². The van der Waals surface area contributed by atoms with Gasteiger partial charge >= 0.3 is 5.97 Å². The molecule has 3 rings (SSSR count). The van der Waals surface area contributed by atoms with E-state index in [1.807, 2.05) is 0 Å². The zero-order valence-corrected chi connectivity index (χ0v) is 13.7. The zero-order valence-electron chi connectivity index (χ0n) is 13.7. The number of anilines is 4. The number of methoxy groups -OCH3 is 1. The Balaban J connectivity index is 1.77. The van der Waals surface area contributed by atoms with E-state index in [9.17, 15) is 13.6 Å². The number of halogens is 2. The summed E-state index contributed by atoms with van der Waals surface area (Å²) in [5.74, 6) is -1.70. The summed E-state index contributed by atoms with van der Waals surface area (Å²) in [6.45, 7) is 0. The summed E-state index contributed by atoms with van der Waals surface area (Å²) in [5.41, 5.74) is 1.34. The quantitative estimate of drug-likeness (QED) is 0.672. The molecule has 1 aromatic heterocycles. The van der Waals surface area contributed by atoms with Crippen LogP contribution in [0.25, 0.3) is 0 Å². The van der Waals surface area contributed by atoms with Crippen LogP contribution in [0.15, 0.2) is 54.7 Å². The standard InChI is InChI=1S/C18H14F2N4O2/c1-26-17(25)11-3-2-4-12(9-11)22-16-7-8-21-18(24-16)23-13-5-6-14(19)15(20)10-13/h2-10H,1H3,(H2,21,22,23,24). The maximum absolute atomic E-state index is 13.3. The smallest absolute Gasteiger partial charge is 0.337 e. The first-order valence-electron chi connectivity index (χ1n) is 7.55. The third-order valence-corrected chi connectivity index (χ3v) is 3.39. The van der Waals surface area contributed by atoms with Gasteiger partial charge in [0.1, 0.15) is 5.82 Å². The molecule has 8 heteroatoms. The van der Waals surface area contributed by atoms with Gasteiger partial charge in [-0.15, -0.1) is 0 Å². The number of rotatable bonds is 5. The van der Waals surface area contributed by atoms with Crippen molar-refractivity contribution >= 4 is 29.1 Å². The summed E-state index contributed by atoms with van der Waals surface area (Å²) < 4.78 is 30.9. The molecule has 0 bridgehead atoms. The molecular formula is C18H14F2N4O2. The zero-order chi connectivity index (χ0) is 18.5. The second kappa shape index (κ2) is 7.56. The summed E-state index contributed by atoms with van der Waals surface area (Å²) in [5, 5.41) is 5.83. The first kappa shape index (κ1) is 17.3. The first-order valence-corrected chi connectivity index (χ1v) is 7.55. The van der Waals surface area contributed by atoms with E-state index in [2.05, 4.69) is 25.3 Å². The highest BCUT2D eigenvalue weighted by molar-refractivity contribution is 5.90. The van der Waals surface area contributed by atoms with E-state index in [1.54, 1.807) is 30.3 Å². The lowest BCUT2D eigenvalue weighted by Crippen LogP contribution is -2.03. The molecule has 0 radical (unpaired) electrons. The molecular weight excluding hydrogens is 342 g/mol. The van der Waals surface area contributed by atoms with Crippen LogP contribution in [0.2, 0.25) is 0 Å². The molecule has 0 atom stereocenters. The van der Waals surface area contributed by atoms with Crippen LogP contribution in [0.4, 0.5) is 31.9 Å². The van der Waals surface area contributed by atoms with Crippen LogP contribution in [0.1, 0.15) is 10.4 Å². The monoisotopic (exact) mass is 356 g/mol. The number of esters is 1. The summed E-state index contributed by atoms with van der Waals surface area (Å²) in [6, 6.07) is 11.7. The Morgan fingerprint density at radius 3 is 2.58 bits per heavy atom. The number of nitrogens with one attached hydrogen (secondary N) is 2. The van der Waals surface area contributed by atoms with Gasteiger partial charge in [0, 0.05) is 23.6 Å². The first-order chi connectivity index (χ1) is 12.5. The number of nitrogens with zero attached hydrogens (tertiary/aromatic N) is 2. The van der Waals surface area contributed by atoms with Crippen LogP contribution in [-0.2, 0) is 4.74 Å². The van der Waals surface area contributed by atoms with Gasteiger partial charge in [-0.1, -0.05) is 6.07 Å². The van der Waals surface area contributed by atoms with Crippen molar-refractivity contribution in [3.8, 4) is 0 Å². The van der Waals surface area contributed by atoms with E-state index >= 15 is 0 Å². The molecule has 0 aliphatic carbocycles. The Morgan fingerprint density at radius 1 is 1.00 bits per heavy atom. The molecule has 132 valence electrons. The van der Waals surface area contributed by atoms with Crippen molar-refractivity contribution in [2.45, 2.75) is 0 Å². The molecule has 0 unspecified atom stereocenters. The third-order valence-electron chi connectivity index (χ3n) is 3.39. The molecule has 6 nitrogen and oxygen atoms in total. The summed E-state index contributed by atoms with van der Waals surface area (Å²) in [4.78, 5) is 19.9. The van der Waals surface area contributed by atoms with Crippen LogP contribution in [-0.4, -0.2) is 23.0 Å². The van der Waals surface area contributed by atoms with E-state index in [-0.39, 0.29) is 5.95 Å². The lowest BCUT2D eigenvalue weighted by molar-refractivity contribution is 0.0601. The van der Waals surface area contributed by atoms with Gasteiger partial charge in [-0.05, 0) is 36.4 Å². The number of benzene rings is 2. The Hall–Kier alpha value is -3.55. The van der Waals surface area contributed by atoms with Gasteiger partial charge in [0.05, 0.1) is 12.7 Å². The molecule has 0 saturated heterocycles. The van der Waals surface area contributed by atoms with Gasteiger partial charge in [-0.3, -0.25) is 0 Å². The molecule has 0 spiro atoms. The average molecular weight is 356 g/mol.